The normalized spacial score (nSPS) is 14.4. The molecule has 0 bridgehead atoms. The van der Waals surface area contributed by atoms with Crippen molar-refractivity contribution in [3.8, 4) is 0 Å². The summed E-state index contributed by atoms with van der Waals surface area (Å²) in [6.07, 6.45) is 1.96. The molecule has 3 nitrogen and oxygen atoms in total. The van der Waals surface area contributed by atoms with Crippen LogP contribution in [0.3, 0.4) is 0 Å². The van der Waals surface area contributed by atoms with E-state index in [2.05, 4.69) is 19.2 Å². The molecule has 114 valence electrons. The van der Waals surface area contributed by atoms with Crippen LogP contribution in [0.4, 0.5) is 0 Å². The molecule has 2 N–H and O–H groups in total. The number of rotatable bonds is 10. The molecule has 1 aromatic rings. The monoisotopic (exact) mass is 279 g/mol. The SMILES string of the molecule is CC(C)CCCNCC(O)COC(C)c1ccccc1. The van der Waals surface area contributed by atoms with Gasteiger partial charge in [0.2, 0.25) is 0 Å². The van der Waals surface area contributed by atoms with E-state index in [0.717, 1.165) is 24.4 Å². The van der Waals surface area contributed by atoms with Gasteiger partial charge in [0, 0.05) is 6.54 Å². The molecule has 1 rings (SSSR count). The predicted octanol–water partition coefficient (Wildman–Crippen LogP) is 3.15. The molecule has 2 unspecified atom stereocenters. The van der Waals surface area contributed by atoms with Crippen molar-refractivity contribution in [2.75, 3.05) is 19.7 Å². The number of hydrogen-bond acceptors (Lipinski definition) is 3. The topological polar surface area (TPSA) is 41.5 Å². The van der Waals surface area contributed by atoms with Crippen molar-refractivity contribution in [1.82, 2.24) is 5.32 Å². The Morgan fingerprint density at radius 3 is 2.50 bits per heavy atom. The number of ether oxygens (including phenoxy) is 1. The van der Waals surface area contributed by atoms with Crippen LogP contribution in [0.2, 0.25) is 0 Å². The Morgan fingerprint density at radius 1 is 1.15 bits per heavy atom. The van der Waals surface area contributed by atoms with Crippen LogP contribution < -0.4 is 5.32 Å². The van der Waals surface area contributed by atoms with Gasteiger partial charge in [-0.05, 0) is 37.8 Å². The standard InChI is InChI=1S/C17H29NO2/c1-14(2)8-7-11-18-12-17(19)13-20-15(3)16-9-5-4-6-10-16/h4-6,9-10,14-15,17-19H,7-8,11-13H2,1-3H3. The summed E-state index contributed by atoms with van der Waals surface area (Å²) >= 11 is 0. The molecule has 0 aliphatic carbocycles. The van der Waals surface area contributed by atoms with Crippen LogP contribution in [0.5, 0.6) is 0 Å². The van der Waals surface area contributed by atoms with E-state index in [-0.39, 0.29) is 6.10 Å². The lowest BCUT2D eigenvalue weighted by atomic mass is 10.1. The van der Waals surface area contributed by atoms with Crippen LogP contribution in [-0.2, 0) is 4.74 Å². The van der Waals surface area contributed by atoms with E-state index in [0.29, 0.717) is 13.2 Å². The molecule has 0 radical (unpaired) electrons. The van der Waals surface area contributed by atoms with Gasteiger partial charge in [-0.2, -0.15) is 0 Å². The lowest BCUT2D eigenvalue weighted by molar-refractivity contribution is -0.00198. The highest BCUT2D eigenvalue weighted by Crippen LogP contribution is 2.15. The van der Waals surface area contributed by atoms with Crippen LogP contribution in [0.1, 0.15) is 45.3 Å². The average Bonchev–Trinajstić information content (AvgIpc) is 2.45. The summed E-state index contributed by atoms with van der Waals surface area (Å²) in [7, 11) is 0. The Morgan fingerprint density at radius 2 is 1.85 bits per heavy atom. The number of aliphatic hydroxyl groups is 1. The Labute approximate surface area is 123 Å². The fourth-order valence-electron chi connectivity index (χ4n) is 2.04. The van der Waals surface area contributed by atoms with Crippen LogP contribution in [0.15, 0.2) is 30.3 Å². The first-order valence-corrected chi connectivity index (χ1v) is 7.65. The van der Waals surface area contributed by atoms with E-state index in [1.807, 2.05) is 37.3 Å². The molecule has 0 aliphatic rings. The van der Waals surface area contributed by atoms with Gasteiger partial charge in [-0.1, -0.05) is 44.2 Å². The van der Waals surface area contributed by atoms with E-state index in [4.69, 9.17) is 4.74 Å². The molecular formula is C17H29NO2. The summed E-state index contributed by atoms with van der Waals surface area (Å²) in [6, 6.07) is 10.1. The maximum absolute atomic E-state index is 9.87. The first-order chi connectivity index (χ1) is 9.59. The third-order valence-corrected chi connectivity index (χ3v) is 3.32. The molecule has 0 amide bonds. The first-order valence-electron chi connectivity index (χ1n) is 7.65. The zero-order valence-electron chi connectivity index (χ0n) is 13.0. The average molecular weight is 279 g/mol. The summed E-state index contributed by atoms with van der Waals surface area (Å²) in [5.41, 5.74) is 1.14. The molecule has 0 fully saturated rings. The number of hydrogen-bond donors (Lipinski definition) is 2. The molecule has 0 spiro atoms. The predicted molar refractivity (Wildman–Crippen MR) is 83.8 cm³/mol. The minimum atomic E-state index is -0.444. The molecule has 0 heterocycles. The zero-order chi connectivity index (χ0) is 14.8. The highest BCUT2D eigenvalue weighted by atomic mass is 16.5. The molecule has 0 aliphatic heterocycles. The summed E-state index contributed by atoms with van der Waals surface area (Å²) in [5, 5.41) is 13.1. The third-order valence-electron chi connectivity index (χ3n) is 3.32. The van der Waals surface area contributed by atoms with Gasteiger partial charge in [-0.3, -0.25) is 0 Å². The van der Waals surface area contributed by atoms with Crippen molar-refractivity contribution in [1.29, 1.82) is 0 Å². The Balaban J connectivity index is 2.09. The molecule has 1 aromatic carbocycles. The van der Waals surface area contributed by atoms with Gasteiger partial charge in [-0.25, -0.2) is 0 Å². The maximum atomic E-state index is 9.87. The number of nitrogens with one attached hydrogen (secondary N) is 1. The molecule has 3 heteroatoms. The largest absolute Gasteiger partial charge is 0.389 e. The summed E-state index contributed by atoms with van der Waals surface area (Å²) < 4.78 is 5.70. The molecule has 0 saturated heterocycles. The first kappa shape index (κ1) is 17.2. The van der Waals surface area contributed by atoms with Crippen molar-refractivity contribution in [3.05, 3.63) is 35.9 Å². The van der Waals surface area contributed by atoms with Crippen molar-refractivity contribution < 1.29 is 9.84 Å². The highest BCUT2D eigenvalue weighted by Gasteiger charge is 2.09. The maximum Gasteiger partial charge on any atom is 0.0897 e. The molecule has 0 aromatic heterocycles. The molecule has 2 atom stereocenters. The Hall–Kier alpha value is -0.900. The van der Waals surface area contributed by atoms with Gasteiger partial charge >= 0.3 is 0 Å². The highest BCUT2D eigenvalue weighted by molar-refractivity contribution is 5.16. The molecule has 0 saturated carbocycles. The number of benzene rings is 1. The van der Waals surface area contributed by atoms with Crippen molar-refractivity contribution in [3.63, 3.8) is 0 Å². The van der Waals surface area contributed by atoms with E-state index in [9.17, 15) is 5.11 Å². The zero-order valence-corrected chi connectivity index (χ0v) is 13.0. The lowest BCUT2D eigenvalue weighted by Crippen LogP contribution is -2.31. The molecular weight excluding hydrogens is 250 g/mol. The van der Waals surface area contributed by atoms with E-state index in [1.165, 1.54) is 6.42 Å². The van der Waals surface area contributed by atoms with Crippen molar-refractivity contribution in [2.45, 2.75) is 45.8 Å². The van der Waals surface area contributed by atoms with Crippen LogP contribution >= 0.6 is 0 Å². The van der Waals surface area contributed by atoms with Gasteiger partial charge in [0.1, 0.15) is 0 Å². The summed E-state index contributed by atoms with van der Waals surface area (Å²) in [4.78, 5) is 0. The molecule has 20 heavy (non-hydrogen) atoms. The van der Waals surface area contributed by atoms with Crippen molar-refractivity contribution in [2.24, 2.45) is 5.92 Å². The minimum absolute atomic E-state index is 0.0202. The van der Waals surface area contributed by atoms with Gasteiger partial charge in [0.25, 0.3) is 0 Å². The van der Waals surface area contributed by atoms with E-state index < -0.39 is 6.10 Å². The summed E-state index contributed by atoms with van der Waals surface area (Å²) in [6.45, 7) is 8.40. The third kappa shape index (κ3) is 7.63. The Kier molecular flexibility index (Phi) is 8.51. The fourth-order valence-corrected chi connectivity index (χ4v) is 2.04. The van der Waals surface area contributed by atoms with E-state index >= 15 is 0 Å². The second kappa shape index (κ2) is 9.92. The van der Waals surface area contributed by atoms with E-state index in [1.54, 1.807) is 0 Å². The quantitative estimate of drug-likeness (QED) is 0.646. The fraction of sp³-hybridized carbons (Fsp3) is 0.647. The van der Waals surface area contributed by atoms with Crippen LogP contribution in [0, 0.1) is 5.92 Å². The second-order valence-corrected chi connectivity index (χ2v) is 5.78. The van der Waals surface area contributed by atoms with Crippen LogP contribution in [0.25, 0.3) is 0 Å². The Bertz CT molecular complexity index is 340. The van der Waals surface area contributed by atoms with Crippen molar-refractivity contribution >= 4 is 0 Å². The second-order valence-electron chi connectivity index (χ2n) is 5.78. The van der Waals surface area contributed by atoms with Gasteiger partial charge in [-0.15, -0.1) is 0 Å². The van der Waals surface area contributed by atoms with Gasteiger partial charge in [0.05, 0.1) is 18.8 Å². The lowest BCUT2D eigenvalue weighted by Gasteiger charge is -2.17. The smallest absolute Gasteiger partial charge is 0.0897 e. The van der Waals surface area contributed by atoms with Crippen LogP contribution in [-0.4, -0.2) is 30.9 Å². The summed E-state index contributed by atoms with van der Waals surface area (Å²) in [5.74, 6) is 0.747. The minimum Gasteiger partial charge on any atom is -0.389 e. The number of aliphatic hydroxyl groups excluding tert-OH is 1. The van der Waals surface area contributed by atoms with Gasteiger partial charge in [0.15, 0.2) is 0 Å². The van der Waals surface area contributed by atoms with Gasteiger partial charge < -0.3 is 15.2 Å².